The molecule has 2 aliphatic heterocycles. The largest absolute Gasteiger partial charge is 0.504 e. The molecule has 0 spiro atoms. The summed E-state index contributed by atoms with van der Waals surface area (Å²) < 4.78 is 13.0. The van der Waals surface area contributed by atoms with Crippen LogP contribution >= 0.6 is 0 Å². The second-order valence-electron chi connectivity index (χ2n) is 6.66. The molecule has 3 rings (SSSR count). The van der Waals surface area contributed by atoms with Gasteiger partial charge in [0.15, 0.2) is 11.5 Å². The van der Waals surface area contributed by atoms with Gasteiger partial charge < -0.3 is 24.9 Å². The van der Waals surface area contributed by atoms with Gasteiger partial charge in [-0.1, -0.05) is 12.1 Å². The molecule has 1 amide bonds. The van der Waals surface area contributed by atoms with Crippen molar-refractivity contribution in [3.05, 3.63) is 58.4 Å². The molecule has 1 fully saturated rings. The first kappa shape index (κ1) is 17.3. The van der Waals surface area contributed by atoms with Gasteiger partial charge in [0.25, 0.3) is 5.91 Å². The summed E-state index contributed by atoms with van der Waals surface area (Å²) in [5.41, 5.74) is 1.63. The lowest BCUT2D eigenvalue weighted by atomic mass is 10.0. The van der Waals surface area contributed by atoms with Crippen LogP contribution in [0.4, 0.5) is 4.39 Å². The molecule has 0 aromatic heterocycles. The average molecular weight is 347 g/mol. The summed E-state index contributed by atoms with van der Waals surface area (Å²) in [5, 5.41) is 20.6. The molecule has 0 aliphatic carbocycles. The Labute approximate surface area is 146 Å². The number of aliphatic hydroxyl groups excluding tert-OH is 2. The number of benzene rings is 1. The zero-order valence-corrected chi connectivity index (χ0v) is 14.4. The van der Waals surface area contributed by atoms with E-state index in [1.165, 1.54) is 12.1 Å². The third kappa shape index (κ3) is 3.46. The van der Waals surface area contributed by atoms with Crippen molar-refractivity contribution < 1.29 is 19.4 Å². The van der Waals surface area contributed by atoms with E-state index in [1.807, 2.05) is 19.0 Å². The maximum Gasteiger partial charge on any atom is 0.274 e. The Bertz CT molecular complexity index is 740. The minimum atomic E-state index is -0.364. The van der Waals surface area contributed by atoms with Crippen LogP contribution in [0.3, 0.4) is 0 Å². The van der Waals surface area contributed by atoms with Crippen LogP contribution in [0.2, 0.25) is 0 Å². The fourth-order valence-electron chi connectivity index (χ4n) is 3.20. The smallest absolute Gasteiger partial charge is 0.274 e. The van der Waals surface area contributed by atoms with Crippen LogP contribution in [0.15, 0.2) is 47.1 Å². The van der Waals surface area contributed by atoms with Gasteiger partial charge in [0.05, 0.1) is 0 Å². The predicted octanol–water partition coefficient (Wildman–Crippen LogP) is 1.63. The van der Waals surface area contributed by atoms with Gasteiger partial charge in [-0.3, -0.25) is 4.79 Å². The highest BCUT2D eigenvalue weighted by Gasteiger charge is 2.37. The molecule has 6 nitrogen and oxygen atoms in total. The van der Waals surface area contributed by atoms with E-state index in [0.717, 1.165) is 5.56 Å². The number of hydrogen-bond acceptors (Lipinski definition) is 5. The molecule has 1 aromatic carbocycles. The third-order valence-electron chi connectivity index (χ3n) is 4.40. The highest BCUT2D eigenvalue weighted by atomic mass is 19.1. The zero-order valence-electron chi connectivity index (χ0n) is 14.4. The molecule has 25 heavy (non-hydrogen) atoms. The summed E-state index contributed by atoms with van der Waals surface area (Å²) in [4.78, 5) is 18.1. The van der Waals surface area contributed by atoms with Crippen molar-refractivity contribution in [1.82, 2.24) is 14.7 Å². The van der Waals surface area contributed by atoms with Crippen LogP contribution in [0.1, 0.15) is 5.56 Å². The zero-order chi connectivity index (χ0) is 18.1. The minimum Gasteiger partial charge on any atom is -0.504 e. The fraction of sp³-hybridized carbons (Fsp3) is 0.389. The summed E-state index contributed by atoms with van der Waals surface area (Å²) in [6.07, 6.45) is 0. The SMILES string of the molecule is CN(C)CC1=C(O)C(O)=C2C(=O)N(Cc3ccc(F)cc3)CCN2C1. The molecule has 7 heteroatoms. The summed E-state index contributed by atoms with van der Waals surface area (Å²) in [6, 6.07) is 5.98. The lowest BCUT2D eigenvalue weighted by Crippen LogP contribution is -2.51. The molecular formula is C18H22FN3O3. The summed E-state index contributed by atoms with van der Waals surface area (Å²) in [6.45, 7) is 2.32. The number of carbonyl (C=O) groups is 1. The second kappa shape index (κ2) is 6.76. The molecule has 1 saturated heterocycles. The highest BCUT2D eigenvalue weighted by Crippen LogP contribution is 2.29. The minimum absolute atomic E-state index is 0.133. The van der Waals surface area contributed by atoms with Gasteiger partial charge in [-0.05, 0) is 31.8 Å². The van der Waals surface area contributed by atoms with E-state index in [0.29, 0.717) is 38.3 Å². The average Bonchev–Trinajstić information content (AvgIpc) is 2.56. The molecule has 0 saturated carbocycles. The van der Waals surface area contributed by atoms with Crippen LogP contribution in [-0.2, 0) is 11.3 Å². The Balaban J connectivity index is 1.84. The van der Waals surface area contributed by atoms with Gasteiger partial charge in [-0.2, -0.15) is 0 Å². The van der Waals surface area contributed by atoms with Crippen LogP contribution in [-0.4, -0.2) is 71.1 Å². The Morgan fingerprint density at radius 2 is 1.80 bits per heavy atom. The maximum absolute atomic E-state index is 13.0. The van der Waals surface area contributed by atoms with Gasteiger partial charge in [0, 0.05) is 38.3 Å². The molecule has 0 unspecified atom stereocenters. The Kier molecular flexibility index (Phi) is 4.67. The van der Waals surface area contributed by atoms with E-state index < -0.39 is 0 Å². The van der Waals surface area contributed by atoms with Gasteiger partial charge in [-0.15, -0.1) is 0 Å². The quantitative estimate of drug-likeness (QED) is 0.867. The van der Waals surface area contributed by atoms with Crippen molar-refractivity contribution in [1.29, 1.82) is 0 Å². The molecule has 2 N–H and O–H groups in total. The van der Waals surface area contributed by atoms with E-state index >= 15 is 0 Å². The van der Waals surface area contributed by atoms with Gasteiger partial charge in [0.1, 0.15) is 11.5 Å². The molecule has 1 aromatic rings. The van der Waals surface area contributed by atoms with E-state index in [1.54, 1.807) is 21.9 Å². The summed E-state index contributed by atoms with van der Waals surface area (Å²) in [7, 11) is 3.75. The number of nitrogens with zero attached hydrogens (tertiary/aromatic N) is 3. The van der Waals surface area contributed by atoms with Gasteiger partial charge >= 0.3 is 0 Å². The van der Waals surface area contributed by atoms with Crippen LogP contribution in [0.25, 0.3) is 0 Å². The first-order valence-electron chi connectivity index (χ1n) is 8.15. The number of hydrogen-bond donors (Lipinski definition) is 2. The topological polar surface area (TPSA) is 67.2 Å². The van der Waals surface area contributed by atoms with E-state index in [9.17, 15) is 19.4 Å². The lowest BCUT2D eigenvalue weighted by molar-refractivity contribution is -0.132. The normalized spacial score (nSPS) is 18.3. The molecular weight excluding hydrogens is 325 g/mol. The fourth-order valence-corrected chi connectivity index (χ4v) is 3.20. The number of likely N-dealkylation sites (N-methyl/N-ethyl adjacent to an activating group) is 1. The molecule has 2 heterocycles. The van der Waals surface area contributed by atoms with Crippen molar-refractivity contribution in [3.8, 4) is 0 Å². The van der Waals surface area contributed by atoms with Gasteiger partial charge in [-0.25, -0.2) is 4.39 Å². The lowest BCUT2D eigenvalue weighted by Gasteiger charge is -2.40. The van der Waals surface area contributed by atoms with Gasteiger partial charge in [0.2, 0.25) is 0 Å². The Hall–Kier alpha value is -2.54. The number of rotatable bonds is 4. The first-order valence-corrected chi connectivity index (χ1v) is 8.15. The van der Waals surface area contributed by atoms with E-state index in [4.69, 9.17) is 0 Å². The molecule has 0 atom stereocenters. The second-order valence-corrected chi connectivity index (χ2v) is 6.66. The van der Waals surface area contributed by atoms with Crippen molar-refractivity contribution >= 4 is 5.91 Å². The van der Waals surface area contributed by atoms with Crippen LogP contribution < -0.4 is 0 Å². The summed E-state index contributed by atoms with van der Waals surface area (Å²) >= 11 is 0. The summed E-state index contributed by atoms with van der Waals surface area (Å²) in [5.74, 6) is -1.23. The van der Waals surface area contributed by atoms with Crippen molar-refractivity contribution in [3.63, 3.8) is 0 Å². The molecule has 0 radical (unpaired) electrons. The first-order chi connectivity index (χ1) is 11.9. The Morgan fingerprint density at radius 1 is 1.12 bits per heavy atom. The van der Waals surface area contributed by atoms with Crippen LogP contribution in [0, 0.1) is 5.82 Å². The highest BCUT2D eigenvalue weighted by molar-refractivity contribution is 5.95. The number of amides is 1. The van der Waals surface area contributed by atoms with Crippen molar-refractivity contribution in [2.45, 2.75) is 6.54 Å². The number of aliphatic hydroxyl groups is 2. The van der Waals surface area contributed by atoms with Crippen LogP contribution in [0.5, 0.6) is 0 Å². The third-order valence-corrected chi connectivity index (χ3v) is 4.40. The predicted molar refractivity (Wildman–Crippen MR) is 91.3 cm³/mol. The standard InChI is InChI=1S/C18H22FN3O3/c1-20(2)10-13-11-21-7-8-22(9-12-3-5-14(19)6-4-12)18(25)15(21)17(24)16(13)23/h3-6,23-24H,7-11H2,1-2H3. The number of fused-ring (bicyclic) bond motifs is 1. The maximum atomic E-state index is 13.0. The molecule has 0 bridgehead atoms. The monoisotopic (exact) mass is 347 g/mol. The number of carbonyl (C=O) groups excluding carboxylic acids is 1. The Morgan fingerprint density at radius 3 is 2.44 bits per heavy atom. The molecule has 134 valence electrons. The number of halogens is 1. The van der Waals surface area contributed by atoms with E-state index in [-0.39, 0.29) is 28.9 Å². The van der Waals surface area contributed by atoms with Crippen molar-refractivity contribution in [2.75, 3.05) is 40.3 Å². The molecule has 2 aliphatic rings. The van der Waals surface area contributed by atoms with Crippen molar-refractivity contribution in [2.24, 2.45) is 0 Å². The van der Waals surface area contributed by atoms with E-state index in [2.05, 4.69) is 0 Å². The number of piperazine rings is 1.